The maximum Gasteiger partial charge on any atom is 0.307 e. The zero-order valence-corrected chi connectivity index (χ0v) is 10.8. The largest absolute Gasteiger partial charge is 0.481 e. The molecule has 0 aliphatic heterocycles. The van der Waals surface area contributed by atoms with Gasteiger partial charge in [-0.1, -0.05) is 27.2 Å². The highest BCUT2D eigenvalue weighted by Gasteiger charge is 2.38. The Kier molecular flexibility index (Phi) is 4.10. The topological polar surface area (TPSA) is 37.3 Å². The molecule has 0 heterocycles. The Balaban J connectivity index is 2.62. The van der Waals surface area contributed by atoms with Crippen molar-refractivity contribution in [1.29, 1.82) is 0 Å². The summed E-state index contributed by atoms with van der Waals surface area (Å²) < 4.78 is 0. The summed E-state index contributed by atoms with van der Waals surface area (Å²) >= 11 is 4.44. The fourth-order valence-electron chi connectivity index (χ4n) is 2.43. The third kappa shape index (κ3) is 2.90. The van der Waals surface area contributed by atoms with Crippen LogP contribution < -0.4 is 0 Å². The van der Waals surface area contributed by atoms with Gasteiger partial charge in [0.2, 0.25) is 0 Å². The van der Waals surface area contributed by atoms with Gasteiger partial charge < -0.3 is 5.11 Å². The first-order valence-electron chi connectivity index (χ1n) is 5.79. The first kappa shape index (κ1) is 12.9. The van der Waals surface area contributed by atoms with E-state index >= 15 is 0 Å². The van der Waals surface area contributed by atoms with Crippen LogP contribution in [-0.4, -0.2) is 16.3 Å². The van der Waals surface area contributed by atoms with Crippen molar-refractivity contribution in [2.45, 2.75) is 51.7 Å². The molecule has 1 aliphatic carbocycles. The highest BCUT2D eigenvalue weighted by Crippen LogP contribution is 2.43. The van der Waals surface area contributed by atoms with E-state index in [0.29, 0.717) is 11.3 Å². The number of hydrogen-bond donors (Lipinski definition) is 2. The van der Waals surface area contributed by atoms with Crippen LogP contribution in [0.4, 0.5) is 0 Å². The van der Waals surface area contributed by atoms with Gasteiger partial charge >= 0.3 is 5.97 Å². The van der Waals surface area contributed by atoms with E-state index in [1.165, 1.54) is 0 Å². The average Bonchev–Trinajstić information content (AvgIpc) is 2.17. The normalized spacial score (nSPS) is 32.7. The van der Waals surface area contributed by atoms with Crippen LogP contribution in [-0.2, 0) is 4.79 Å². The number of carboxylic acid groups (broad SMARTS) is 1. The minimum atomic E-state index is -0.678. The predicted molar refractivity (Wildman–Crippen MR) is 65.3 cm³/mol. The van der Waals surface area contributed by atoms with Crippen molar-refractivity contribution in [3.8, 4) is 0 Å². The number of hydrogen-bond acceptors (Lipinski definition) is 2. The third-order valence-corrected chi connectivity index (χ3v) is 4.72. The van der Waals surface area contributed by atoms with Crippen LogP contribution in [0.15, 0.2) is 0 Å². The standard InChI is InChI=1S/C12H22O2S/c1-4-12(2,3)8-5-6-9(11(13)14)10(15)7-8/h8-10,15H,4-7H2,1-3H3,(H,13,14). The smallest absolute Gasteiger partial charge is 0.307 e. The minimum Gasteiger partial charge on any atom is -0.481 e. The van der Waals surface area contributed by atoms with Crippen molar-refractivity contribution in [2.75, 3.05) is 0 Å². The van der Waals surface area contributed by atoms with Gasteiger partial charge in [-0.3, -0.25) is 4.79 Å². The van der Waals surface area contributed by atoms with E-state index in [2.05, 4.69) is 33.4 Å². The molecule has 0 amide bonds. The van der Waals surface area contributed by atoms with E-state index in [1.54, 1.807) is 0 Å². The summed E-state index contributed by atoms with van der Waals surface area (Å²) in [7, 11) is 0. The first-order valence-corrected chi connectivity index (χ1v) is 6.31. The predicted octanol–water partition coefficient (Wildman–Crippen LogP) is 3.22. The van der Waals surface area contributed by atoms with E-state index in [0.717, 1.165) is 25.7 Å². The van der Waals surface area contributed by atoms with E-state index in [4.69, 9.17) is 5.11 Å². The third-order valence-electron chi connectivity index (χ3n) is 4.15. The Morgan fingerprint density at radius 2 is 2.07 bits per heavy atom. The van der Waals surface area contributed by atoms with Crippen molar-refractivity contribution in [3.05, 3.63) is 0 Å². The van der Waals surface area contributed by atoms with Crippen LogP contribution in [0.1, 0.15) is 46.5 Å². The van der Waals surface area contributed by atoms with Crippen molar-refractivity contribution >= 4 is 18.6 Å². The molecule has 3 unspecified atom stereocenters. The number of carbonyl (C=O) groups is 1. The van der Waals surface area contributed by atoms with E-state index in [9.17, 15) is 4.79 Å². The second-order valence-corrected chi connectivity index (χ2v) is 6.03. The van der Waals surface area contributed by atoms with E-state index in [-0.39, 0.29) is 11.2 Å². The molecule has 1 fully saturated rings. The lowest BCUT2D eigenvalue weighted by molar-refractivity contribution is -0.143. The van der Waals surface area contributed by atoms with Gasteiger partial charge in [0.05, 0.1) is 5.92 Å². The van der Waals surface area contributed by atoms with Crippen LogP contribution >= 0.6 is 12.6 Å². The van der Waals surface area contributed by atoms with Gasteiger partial charge in [0.1, 0.15) is 0 Å². The lowest BCUT2D eigenvalue weighted by Crippen LogP contribution is -2.36. The first-order chi connectivity index (χ1) is 6.88. The molecule has 1 aliphatic rings. The number of carboxylic acids is 1. The SMILES string of the molecule is CCC(C)(C)C1CCC(C(=O)O)C(S)C1. The summed E-state index contributed by atoms with van der Waals surface area (Å²) in [4.78, 5) is 10.9. The lowest BCUT2D eigenvalue weighted by Gasteiger charge is -2.40. The number of aliphatic carboxylic acids is 1. The van der Waals surface area contributed by atoms with Crippen molar-refractivity contribution in [2.24, 2.45) is 17.3 Å². The monoisotopic (exact) mass is 230 g/mol. The average molecular weight is 230 g/mol. The Hall–Kier alpha value is -0.180. The van der Waals surface area contributed by atoms with Crippen LogP contribution in [0.5, 0.6) is 0 Å². The molecule has 0 saturated heterocycles. The highest BCUT2D eigenvalue weighted by molar-refractivity contribution is 7.81. The Bertz CT molecular complexity index is 238. The Morgan fingerprint density at radius 1 is 1.47 bits per heavy atom. The molecule has 88 valence electrons. The van der Waals surface area contributed by atoms with Crippen LogP contribution in [0.2, 0.25) is 0 Å². The van der Waals surface area contributed by atoms with Gasteiger partial charge in [-0.15, -0.1) is 0 Å². The molecule has 0 bridgehead atoms. The van der Waals surface area contributed by atoms with E-state index < -0.39 is 5.97 Å². The minimum absolute atomic E-state index is 0.0343. The fraction of sp³-hybridized carbons (Fsp3) is 0.917. The van der Waals surface area contributed by atoms with Gasteiger partial charge in [0.15, 0.2) is 0 Å². The number of thiol groups is 1. The van der Waals surface area contributed by atoms with Crippen molar-refractivity contribution in [3.63, 3.8) is 0 Å². The van der Waals surface area contributed by atoms with Crippen LogP contribution in [0.3, 0.4) is 0 Å². The summed E-state index contributed by atoms with van der Waals surface area (Å²) in [6.07, 6.45) is 3.92. The van der Waals surface area contributed by atoms with Gasteiger partial charge in [0.25, 0.3) is 0 Å². The second kappa shape index (κ2) is 4.77. The zero-order chi connectivity index (χ0) is 11.6. The maximum absolute atomic E-state index is 10.9. The Morgan fingerprint density at radius 3 is 2.47 bits per heavy atom. The molecule has 1 saturated carbocycles. The van der Waals surface area contributed by atoms with Gasteiger partial charge in [0, 0.05) is 5.25 Å². The molecule has 2 nitrogen and oxygen atoms in total. The molecule has 1 N–H and O–H groups in total. The molecule has 0 aromatic rings. The molecule has 0 aromatic carbocycles. The summed E-state index contributed by atoms with van der Waals surface area (Å²) in [6, 6.07) is 0. The van der Waals surface area contributed by atoms with Crippen LogP contribution in [0.25, 0.3) is 0 Å². The highest BCUT2D eigenvalue weighted by atomic mass is 32.1. The van der Waals surface area contributed by atoms with Gasteiger partial charge in [-0.2, -0.15) is 12.6 Å². The van der Waals surface area contributed by atoms with Crippen LogP contribution in [0, 0.1) is 17.3 Å². The molecule has 3 heteroatoms. The van der Waals surface area contributed by atoms with Crippen molar-refractivity contribution in [1.82, 2.24) is 0 Å². The van der Waals surface area contributed by atoms with E-state index in [1.807, 2.05) is 0 Å². The molecule has 0 radical (unpaired) electrons. The van der Waals surface area contributed by atoms with Crippen molar-refractivity contribution < 1.29 is 9.90 Å². The van der Waals surface area contributed by atoms with Gasteiger partial charge in [-0.25, -0.2) is 0 Å². The quantitative estimate of drug-likeness (QED) is 0.730. The zero-order valence-electron chi connectivity index (χ0n) is 9.86. The molecule has 15 heavy (non-hydrogen) atoms. The molecule has 0 aromatic heterocycles. The molecule has 3 atom stereocenters. The Labute approximate surface area is 97.9 Å². The lowest BCUT2D eigenvalue weighted by atomic mass is 9.67. The molecular formula is C12H22O2S. The second-order valence-electron chi connectivity index (χ2n) is 5.36. The summed E-state index contributed by atoms with van der Waals surface area (Å²) in [6.45, 7) is 6.76. The molecule has 0 spiro atoms. The summed E-state index contributed by atoms with van der Waals surface area (Å²) in [5, 5.41) is 9.04. The summed E-state index contributed by atoms with van der Waals surface area (Å²) in [5.74, 6) is -0.291. The van der Waals surface area contributed by atoms with Gasteiger partial charge in [-0.05, 0) is 30.6 Å². The maximum atomic E-state index is 10.9. The fourth-order valence-corrected chi connectivity index (χ4v) is 2.96. The number of rotatable bonds is 3. The molecular weight excluding hydrogens is 208 g/mol. The molecule has 1 rings (SSSR count). The summed E-state index contributed by atoms with van der Waals surface area (Å²) in [5.41, 5.74) is 0.324.